The van der Waals surface area contributed by atoms with Crippen LogP contribution in [-0.2, 0) is 0 Å². The summed E-state index contributed by atoms with van der Waals surface area (Å²) >= 11 is 1.40. The fraction of sp³-hybridized carbons (Fsp3) is 0.143. The molecular weight excluding hydrogens is 341 g/mol. The summed E-state index contributed by atoms with van der Waals surface area (Å²) in [5.74, 6) is -1.68. The average molecular weight is 344 g/mol. The van der Waals surface area contributed by atoms with Gasteiger partial charge in [0.1, 0.15) is 5.56 Å². The van der Waals surface area contributed by atoms with Crippen LogP contribution >= 0.6 is 22.6 Å². The third kappa shape index (κ3) is 2.23. The van der Waals surface area contributed by atoms with Crippen molar-refractivity contribution >= 4 is 34.2 Å². The Morgan fingerprint density at radius 2 is 2.19 bits per heavy atom. The number of carboxylic acids is 1. The van der Waals surface area contributed by atoms with E-state index in [0.29, 0.717) is 6.20 Å². The maximum absolute atomic E-state index is 12.6. The molecule has 1 N–H and O–H groups in total. The Morgan fingerprint density at radius 1 is 1.62 bits per heavy atom. The maximum Gasteiger partial charge on any atom is 0.338 e. The number of hydrogen-bond donors (Lipinski definition) is 1. The molecule has 1 rings (SSSR count). The molecule has 1 aromatic rings. The number of nitrogens with zero attached hydrogens (tertiary/aromatic N) is 2. The lowest BCUT2D eigenvalue weighted by molar-refractivity contribution is -0.387. The first-order chi connectivity index (χ1) is 7.36. The van der Waals surface area contributed by atoms with Gasteiger partial charge >= 0.3 is 11.7 Å². The normalized spacial score (nSPS) is 10.5. The van der Waals surface area contributed by atoms with Crippen LogP contribution < -0.4 is 0 Å². The van der Waals surface area contributed by atoms with Crippen molar-refractivity contribution < 1.29 is 23.6 Å². The average Bonchev–Trinajstić information content (AvgIpc) is 2.15. The summed E-state index contributed by atoms with van der Waals surface area (Å²) in [5.41, 5.74) is -2.94. The lowest BCUT2D eigenvalue weighted by Gasteiger charge is -2.06. The van der Waals surface area contributed by atoms with Gasteiger partial charge in [0.15, 0.2) is 3.70 Å². The molecule has 0 spiro atoms. The smallest absolute Gasteiger partial charge is 0.338 e. The van der Waals surface area contributed by atoms with Gasteiger partial charge in [0, 0.05) is 6.20 Å². The highest BCUT2D eigenvalue weighted by molar-refractivity contribution is 14.1. The Hall–Kier alpha value is -1.39. The number of rotatable bonds is 3. The molecule has 6 nitrogen and oxygen atoms in total. The number of alkyl halides is 2. The van der Waals surface area contributed by atoms with E-state index in [1.807, 2.05) is 0 Å². The fourth-order valence-corrected chi connectivity index (χ4v) is 1.68. The number of halogens is 3. The minimum atomic E-state index is -3.25. The molecule has 0 aliphatic heterocycles. The summed E-state index contributed by atoms with van der Waals surface area (Å²) in [6.07, 6.45) is -2.57. The number of nitro groups is 1. The van der Waals surface area contributed by atoms with Gasteiger partial charge in [-0.25, -0.2) is 18.6 Å². The SMILES string of the molecule is O=C(O)c1cnc(I)c([N+](=O)[O-])c1C(F)F. The van der Waals surface area contributed by atoms with Crippen molar-refractivity contribution in [2.24, 2.45) is 0 Å². The number of carboxylic acid groups (broad SMARTS) is 1. The molecule has 1 aromatic heterocycles. The van der Waals surface area contributed by atoms with Crippen molar-refractivity contribution in [3.63, 3.8) is 0 Å². The van der Waals surface area contributed by atoms with Crippen LogP contribution in [-0.4, -0.2) is 21.0 Å². The highest BCUT2D eigenvalue weighted by Crippen LogP contribution is 2.34. The molecule has 16 heavy (non-hydrogen) atoms. The standard InChI is InChI=1S/C7H3F2IN2O4/c8-5(9)3-2(7(13)14)1-11-6(10)4(3)12(15)16/h1,5H,(H,13,14). The first-order valence-corrected chi connectivity index (χ1v) is 4.78. The van der Waals surface area contributed by atoms with Gasteiger partial charge < -0.3 is 5.11 Å². The lowest BCUT2D eigenvalue weighted by Crippen LogP contribution is -2.09. The topological polar surface area (TPSA) is 93.3 Å². The summed E-state index contributed by atoms with van der Waals surface area (Å²) in [4.78, 5) is 23.5. The van der Waals surface area contributed by atoms with E-state index >= 15 is 0 Å². The van der Waals surface area contributed by atoms with E-state index in [4.69, 9.17) is 5.11 Å². The van der Waals surface area contributed by atoms with E-state index in [2.05, 4.69) is 4.98 Å². The molecular formula is C7H3F2IN2O4. The zero-order valence-corrected chi connectivity index (χ0v) is 9.51. The molecule has 0 unspecified atom stereocenters. The van der Waals surface area contributed by atoms with Gasteiger partial charge in [0.2, 0.25) is 0 Å². The van der Waals surface area contributed by atoms with E-state index in [9.17, 15) is 23.7 Å². The third-order valence-corrected chi connectivity index (χ3v) is 2.47. The first-order valence-electron chi connectivity index (χ1n) is 3.70. The van der Waals surface area contributed by atoms with Crippen molar-refractivity contribution in [1.29, 1.82) is 0 Å². The van der Waals surface area contributed by atoms with Crippen molar-refractivity contribution in [2.45, 2.75) is 6.43 Å². The van der Waals surface area contributed by atoms with Crippen LogP contribution in [0.2, 0.25) is 0 Å². The Morgan fingerprint density at radius 3 is 2.56 bits per heavy atom. The van der Waals surface area contributed by atoms with Crippen LogP contribution in [0.1, 0.15) is 22.3 Å². The minimum Gasteiger partial charge on any atom is -0.478 e. The van der Waals surface area contributed by atoms with Gasteiger partial charge in [-0.05, 0) is 22.6 Å². The number of hydrogen-bond acceptors (Lipinski definition) is 4. The highest BCUT2D eigenvalue weighted by atomic mass is 127. The summed E-state index contributed by atoms with van der Waals surface area (Å²) in [6, 6.07) is 0. The van der Waals surface area contributed by atoms with Crippen LogP contribution in [0, 0.1) is 13.8 Å². The molecule has 0 atom stereocenters. The number of pyridine rings is 1. The van der Waals surface area contributed by atoms with E-state index in [1.165, 1.54) is 22.6 Å². The number of carbonyl (C=O) groups is 1. The minimum absolute atomic E-state index is 0.275. The highest BCUT2D eigenvalue weighted by Gasteiger charge is 2.31. The Balaban J connectivity index is 3.63. The monoisotopic (exact) mass is 344 g/mol. The second kappa shape index (κ2) is 4.63. The molecule has 86 valence electrons. The van der Waals surface area contributed by atoms with Crippen molar-refractivity contribution in [2.75, 3.05) is 0 Å². The molecule has 0 saturated carbocycles. The van der Waals surface area contributed by atoms with Gasteiger partial charge in [-0.2, -0.15) is 0 Å². The first kappa shape index (κ1) is 12.7. The Kier molecular flexibility index (Phi) is 3.67. The van der Waals surface area contributed by atoms with Crippen LogP contribution in [0.4, 0.5) is 14.5 Å². The van der Waals surface area contributed by atoms with Gasteiger partial charge in [-0.1, -0.05) is 0 Å². The second-order valence-corrected chi connectivity index (χ2v) is 3.61. The molecule has 0 fully saturated rings. The molecule has 0 bridgehead atoms. The van der Waals surface area contributed by atoms with Gasteiger partial charge in [0.05, 0.1) is 10.5 Å². The predicted octanol–water partition coefficient (Wildman–Crippen LogP) is 2.23. The van der Waals surface area contributed by atoms with Gasteiger partial charge in [-0.3, -0.25) is 10.1 Å². The zero-order valence-electron chi connectivity index (χ0n) is 7.35. The summed E-state index contributed by atoms with van der Waals surface area (Å²) in [6.45, 7) is 0. The maximum atomic E-state index is 12.6. The van der Waals surface area contributed by atoms with Crippen LogP contribution in [0.25, 0.3) is 0 Å². The molecule has 0 aliphatic carbocycles. The third-order valence-electron chi connectivity index (χ3n) is 1.68. The summed E-state index contributed by atoms with van der Waals surface area (Å²) < 4.78 is 24.9. The van der Waals surface area contributed by atoms with Crippen molar-refractivity contribution in [1.82, 2.24) is 4.98 Å². The molecule has 0 aliphatic rings. The van der Waals surface area contributed by atoms with Crippen LogP contribution in [0.15, 0.2) is 6.20 Å². The van der Waals surface area contributed by atoms with E-state index in [-0.39, 0.29) is 3.70 Å². The molecule has 0 amide bonds. The molecule has 9 heteroatoms. The predicted molar refractivity (Wildman–Crippen MR) is 55.5 cm³/mol. The number of aromatic nitrogens is 1. The van der Waals surface area contributed by atoms with E-state index in [1.54, 1.807) is 0 Å². The fourth-order valence-electron chi connectivity index (χ4n) is 1.06. The van der Waals surface area contributed by atoms with Gasteiger partial charge in [-0.15, -0.1) is 0 Å². The molecule has 0 saturated heterocycles. The summed E-state index contributed by atoms with van der Waals surface area (Å²) in [5, 5.41) is 19.2. The van der Waals surface area contributed by atoms with Crippen molar-refractivity contribution in [3.8, 4) is 0 Å². The van der Waals surface area contributed by atoms with E-state index in [0.717, 1.165) is 0 Å². The van der Waals surface area contributed by atoms with Crippen LogP contribution in [0.5, 0.6) is 0 Å². The molecule has 0 aromatic carbocycles. The number of aromatic carboxylic acids is 1. The van der Waals surface area contributed by atoms with E-state index < -0.39 is 34.1 Å². The van der Waals surface area contributed by atoms with Gasteiger partial charge in [0.25, 0.3) is 6.43 Å². The zero-order chi connectivity index (χ0) is 12.5. The quantitative estimate of drug-likeness (QED) is 0.393. The molecule has 1 heterocycles. The summed E-state index contributed by atoms with van der Waals surface area (Å²) in [7, 11) is 0. The Labute approximate surface area is 101 Å². The lowest BCUT2D eigenvalue weighted by atomic mass is 10.1. The van der Waals surface area contributed by atoms with Crippen LogP contribution in [0.3, 0.4) is 0 Å². The largest absolute Gasteiger partial charge is 0.478 e. The second-order valence-electron chi connectivity index (χ2n) is 2.59. The molecule has 0 radical (unpaired) electrons. The Bertz CT molecular complexity index is 466. The van der Waals surface area contributed by atoms with Crippen molar-refractivity contribution in [3.05, 3.63) is 31.1 Å².